The molecule has 0 amide bonds. The summed E-state index contributed by atoms with van der Waals surface area (Å²) in [6, 6.07) is 7.67. The van der Waals surface area contributed by atoms with Crippen LogP contribution in [0.1, 0.15) is 65.5 Å². The van der Waals surface area contributed by atoms with Gasteiger partial charge in [0.05, 0.1) is 0 Å². The first-order valence-corrected chi connectivity index (χ1v) is 10.9. The Morgan fingerprint density at radius 1 is 1.00 bits per heavy atom. The van der Waals surface area contributed by atoms with Crippen molar-refractivity contribution < 1.29 is 8.85 Å². The SMILES string of the molecule is CO[SiH](CCCCS)Oc1ccc(C(C)(C)C)cc1C(C)(C)C. The van der Waals surface area contributed by atoms with E-state index in [4.69, 9.17) is 8.85 Å². The van der Waals surface area contributed by atoms with Crippen LogP contribution in [0.2, 0.25) is 6.04 Å². The zero-order valence-electron chi connectivity index (χ0n) is 15.9. The van der Waals surface area contributed by atoms with Crippen molar-refractivity contribution in [3.05, 3.63) is 29.3 Å². The standard InChI is InChI=1S/C19H34O2SSi/c1-18(2,3)15-10-11-17(16(14-15)19(4,5)6)21-23(20-7)13-9-8-12-22/h10-11,14,22-23H,8-9,12-13H2,1-7H3. The van der Waals surface area contributed by atoms with E-state index < -0.39 is 9.28 Å². The van der Waals surface area contributed by atoms with Crippen molar-refractivity contribution in [2.45, 2.75) is 71.3 Å². The van der Waals surface area contributed by atoms with Crippen molar-refractivity contribution in [1.82, 2.24) is 0 Å². The topological polar surface area (TPSA) is 18.5 Å². The molecule has 0 bridgehead atoms. The Bertz CT molecular complexity index is 489. The van der Waals surface area contributed by atoms with Gasteiger partial charge >= 0.3 is 9.28 Å². The monoisotopic (exact) mass is 354 g/mol. The molecule has 0 saturated carbocycles. The van der Waals surface area contributed by atoms with Gasteiger partial charge in [0.1, 0.15) is 5.75 Å². The van der Waals surface area contributed by atoms with E-state index in [0.717, 1.165) is 30.4 Å². The number of hydrogen-bond donors (Lipinski definition) is 1. The molecule has 23 heavy (non-hydrogen) atoms. The van der Waals surface area contributed by atoms with Gasteiger partial charge in [-0.25, -0.2) is 0 Å². The molecule has 1 unspecified atom stereocenters. The summed E-state index contributed by atoms with van der Waals surface area (Å²) in [5.41, 5.74) is 2.81. The van der Waals surface area contributed by atoms with E-state index in [9.17, 15) is 0 Å². The third kappa shape index (κ3) is 6.52. The summed E-state index contributed by atoms with van der Waals surface area (Å²) in [5, 5.41) is 0. The molecule has 0 saturated heterocycles. The minimum atomic E-state index is -1.66. The summed E-state index contributed by atoms with van der Waals surface area (Å²) in [6.45, 7) is 13.5. The van der Waals surface area contributed by atoms with Gasteiger partial charge in [-0.3, -0.25) is 0 Å². The maximum absolute atomic E-state index is 6.33. The second kappa shape index (κ2) is 8.59. The number of rotatable bonds is 7. The van der Waals surface area contributed by atoms with E-state index >= 15 is 0 Å². The molecule has 132 valence electrons. The summed E-state index contributed by atoms with van der Waals surface area (Å²) >= 11 is 4.28. The van der Waals surface area contributed by atoms with Crippen LogP contribution in [0.25, 0.3) is 0 Å². The third-order valence-corrected chi connectivity index (χ3v) is 6.26. The van der Waals surface area contributed by atoms with Crippen LogP contribution in [0.15, 0.2) is 18.2 Å². The minimum absolute atomic E-state index is 0.0500. The predicted octanol–water partition coefficient (Wildman–Crippen LogP) is 5.24. The zero-order valence-corrected chi connectivity index (χ0v) is 18.0. The Balaban J connectivity index is 3.05. The maximum atomic E-state index is 6.33. The quantitative estimate of drug-likeness (QED) is 0.410. The van der Waals surface area contributed by atoms with Gasteiger partial charge in [-0.15, -0.1) is 0 Å². The first-order chi connectivity index (χ1) is 10.6. The molecule has 0 aliphatic heterocycles. The molecule has 1 atom stereocenters. The van der Waals surface area contributed by atoms with Crippen molar-refractivity contribution in [1.29, 1.82) is 0 Å². The molecule has 0 heterocycles. The Hall–Kier alpha value is -0.453. The van der Waals surface area contributed by atoms with Crippen molar-refractivity contribution >= 4 is 21.9 Å². The van der Waals surface area contributed by atoms with Crippen molar-refractivity contribution in [3.63, 3.8) is 0 Å². The van der Waals surface area contributed by atoms with E-state index in [1.54, 1.807) is 7.11 Å². The molecule has 1 aromatic rings. The summed E-state index contributed by atoms with van der Waals surface area (Å²) in [6.07, 6.45) is 2.24. The molecule has 0 spiro atoms. The molecule has 0 aliphatic carbocycles. The summed E-state index contributed by atoms with van der Waals surface area (Å²) in [5.74, 6) is 1.92. The highest BCUT2D eigenvalue weighted by Gasteiger charge is 2.25. The molecule has 4 heteroatoms. The first-order valence-electron chi connectivity index (χ1n) is 8.55. The van der Waals surface area contributed by atoms with E-state index in [-0.39, 0.29) is 10.8 Å². The van der Waals surface area contributed by atoms with Crippen molar-refractivity contribution in [3.8, 4) is 5.75 Å². The van der Waals surface area contributed by atoms with E-state index in [2.05, 4.69) is 72.4 Å². The average molecular weight is 355 g/mol. The number of benzene rings is 1. The number of unbranched alkanes of at least 4 members (excludes halogenated alkanes) is 1. The van der Waals surface area contributed by atoms with E-state index in [0.29, 0.717) is 0 Å². The van der Waals surface area contributed by atoms with Gasteiger partial charge in [0.15, 0.2) is 0 Å². The summed E-state index contributed by atoms with van der Waals surface area (Å²) in [4.78, 5) is 0. The zero-order chi connectivity index (χ0) is 17.7. The second-order valence-electron chi connectivity index (χ2n) is 8.21. The van der Waals surface area contributed by atoms with Crippen LogP contribution in [-0.2, 0) is 15.3 Å². The minimum Gasteiger partial charge on any atom is -0.522 e. The van der Waals surface area contributed by atoms with Crippen LogP contribution >= 0.6 is 12.6 Å². The molecule has 1 rings (SSSR count). The molecular weight excluding hydrogens is 320 g/mol. The van der Waals surface area contributed by atoms with E-state index in [1.807, 2.05) is 0 Å². The summed E-state index contributed by atoms with van der Waals surface area (Å²) < 4.78 is 12.0. The predicted molar refractivity (Wildman–Crippen MR) is 107 cm³/mol. The van der Waals surface area contributed by atoms with Crippen LogP contribution in [-0.4, -0.2) is 22.1 Å². The Kier molecular flexibility index (Phi) is 7.69. The lowest BCUT2D eigenvalue weighted by molar-refractivity contribution is 0.328. The van der Waals surface area contributed by atoms with Gasteiger partial charge < -0.3 is 8.85 Å². The van der Waals surface area contributed by atoms with Gasteiger partial charge in [0.2, 0.25) is 0 Å². The molecule has 0 fully saturated rings. The normalized spacial score (nSPS) is 13.9. The lowest BCUT2D eigenvalue weighted by Gasteiger charge is -2.28. The third-order valence-electron chi connectivity index (χ3n) is 4.02. The fourth-order valence-corrected chi connectivity index (χ4v) is 4.26. The fourth-order valence-electron chi connectivity index (χ4n) is 2.47. The average Bonchev–Trinajstić information content (AvgIpc) is 2.44. The lowest BCUT2D eigenvalue weighted by atomic mass is 9.80. The highest BCUT2D eigenvalue weighted by Crippen LogP contribution is 2.36. The van der Waals surface area contributed by atoms with Crippen LogP contribution < -0.4 is 4.43 Å². The molecule has 2 nitrogen and oxygen atoms in total. The van der Waals surface area contributed by atoms with Crippen LogP contribution in [0.4, 0.5) is 0 Å². The van der Waals surface area contributed by atoms with Crippen LogP contribution in [0.5, 0.6) is 5.75 Å². The number of hydrogen-bond acceptors (Lipinski definition) is 3. The largest absolute Gasteiger partial charge is 0.522 e. The number of thiol groups is 1. The second-order valence-corrected chi connectivity index (χ2v) is 10.8. The van der Waals surface area contributed by atoms with Crippen molar-refractivity contribution in [2.75, 3.05) is 12.9 Å². The van der Waals surface area contributed by atoms with Gasteiger partial charge in [-0.05, 0) is 52.7 Å². The molecule has 0 aliphatic rings. The first kappa shape index (κ1) is 20.6. The van der Waals surface area contributed by atoms with Crippen LogP contribution in [0.3, 0.4) is 0 Å². The molecule has 0 radical (unpaired) electrons. The Morgan fingerprint density at radius 3 is 2.13 bits per heavy atom. The van der Waals surface area contributed by atoms with Gasteiger partial charge in [0.25, 0.3) is 0 Å². The highest BCUT2D eigenvalue weighted by atomic mass is 32.1. The highest BCUT2D eigenvalue weighted by molar-refractivity contribution is 7.80. The maximum Gasteiger partial charge on any atom is 0.382 e. The van der Waals surface area contributed by atoms with Gasteiger partial charge in [-0.1, -0.05) is 53.7 Å². The molecule has 0 aromatic heterocycles. The van der Waals surface area contributed by atoms with E-state index in [1.165, 1.54) is 11.1 Å². The Labute approximate surface area is 150 Å². The van der Waals surface area contributed by atoms with Gasteiger partial charge in [-0.2, -0.15) is 12.6 Å². The smallest absolute Gasteiger partial charge is 0.382 e. The lowest BCUT2D eigenvalue weighted by Crippen LogP contribution is -2.27. The molecule has 1 aromatic carbocycles. The fraction of sp³-hybridized carbons (Fsp3) is 0.684. The van der Waals surface area contributed by atoms with Gasteiger partial charge in [0, 0.05) is 7.11 Å². The summed E-state index contributed by atoms with van der Waals surface area (Å²) in [7, 11) is 0.113. The molecule has 0 N–H and O–H groups in total. The van der Waals surface area contributed by atoms with Crippen molar-refractivity contribution in [2.24, 2.45) is 0 Å². The Morgan fingerprint density at radius 2 is 1.65 bits per heavy atom. The van der Waals surface area contributed by atoms with Crippen LogP contribution in [0, 0.1) is 0 Å². The molecular formula is C19H34O2SSi.